The second kappa shape index (κ2) is 5.19. The molecule has 0 aliphatic rings. The van der Waals surface area contributed by atoms with Crippen molar-refractivity contribution in [2.24, 2.45) is 5.73 Å². The van der Waals surface area contributed by atoms with Gasteiger partial charge in [-0.2, -0.15) is 0 Å². The second-order valence-corrected chi connectivity index (χ2v) is 7.15. The van der Waals surface area contributed by atoms with Crippen molar-refractivity contribution >= 4 is 44.7 Å². The van der Waals surface area contributed by atoms with Gasteiger partial charge in [0.25, 0.3) is 0 Å². The van der Waals surface area contributed by atoms with Gasteiger partial charge in [0.05, 0.1) is 8.93 Å². The molecule has 2 N–H and O–H groups in total. The number of fused-ring (bicyclic) bond motifs is 1. The molecule has 4 heteroatoms. The third-order valence-electron chi connectivity index (χ3n) is 3.19. The van der Waals surface area contributed by atoms with Crippen molar-refractivity contribution in [3.8, 4) is 0 Å². The van der Waals surface area contributed by atoms with E-state index in [1.165, 1.54) is 8.95 Å². The van der Waals surface area contributed by atoms with Gasteiger partial charge in [0.2, 0.25) is 0 Å². The number of rotatable bonds is 2. The van der Waals surface area contributed by atoms with E-state index in [0.717, 1.165) is 16.5 Å². The monoisotopic (exact) mass is 383 g/mol. The molecule has 19 heavy (non-hydrogen) atoms. The smallest absolute Gasteiger partial charge is 0.131 e. The second-order valence-electron chi connectivity index (χ2n) is 4.34. The molecule has 1 heterocycles. The van der Waals surface area contributed by atoms with Crippen LogP contribution in [0.25, 0.3) is 10.8 Å². The van der Waals surface area contributed by atoms with Crippen LogP contribution in [0.4, 0.5) is 4.39 Å². The Labute approximate surface area is 128 Å². The first-order valence-electron chi connectivity index (χ1n) is 5.83. The van der Waals surface area contributed by atoms with Crippen molar-refractivity contribution in [2.45, 2.75) is 6.04 Å². The van der Waals surface area contributed by atoms with Crippen LogP contribution < -0.4 is 5.73 Å². The van der Waals surface area contributed by atoms with E-state index in [1.54, 1.807) is 23.5 Å². The molecule has 2 aromatic carbocycles. The maximum Gasteiger partial charge on any atom is 0.131 e. The van der Waals surface area contributed by atoms with Gasteiger partial charge in [-0.3, -0.25) is 0 Å². The molecule has 0 fully saturated rings. The minimum absolute atomic E-state index is 0.202. The summed E-state index contributed by atoms with van der Waals surface area (Å²) < 4.78 is 15.0. The zero-order valence-electron chi connectivity index (χ0n) is 9.94. The average Bonchev–Trinajstić information content (AvgIpc) is 2.86. The molecule has 0 aliphatic heterocycles. The third kappa shape index (κ3) is 2.40. The van der Waals surface area contributed by atoms with Gasteiger partial charge in [0, 0.05) is 5.39 Å². The fourth-order valence-electron chi connectivity index (χ4n) is 2.22. The normalized spacial score (nSPS) is 12.8. The highest BCUT2D eigenvalue weighted by Crippen LogP contribution is 2.31. The molecule has 1 nitrogen and oxygen atoms in total. The first kappa shape index (κ1) is 13.0. The molecule has 3 rings (SSSR count). The Bertz CT molecular complexity index is 738. The van der Waals surface area contributed by atoms with Crippen LogP contribution in [0.2, 0.25) is 0 Å². The van der Waals surface area contributed by atoms with Crippen LogP contribution in [0.15, 0.2) is 47.8 Å². The zero-order chi connectivity index (χ0) is 13.4. The highest BCUT2D eigenvalue weighted by atomic mass is 127. The van der Waals surface area contributed by atoms with Crippen molar-refractivity contribution in [2.75, 3.05) is 0 Å². The highest BCUT2D eigenvalue weighted by molar-refractivity contribution is 14.1. The van der Waals surface area contributed by atoms with Crippen LogP contribution in [0.5, 0.6) is 0 Å². The fraction of sp³-hybridized carbons (Fsp3) is 0.0667. The molecular formula is C15H11FINS. The van der Waals surface area contributed by atoms with Crippen LogP contribution in [-0.4, -0.2) is 0 Å². The molecule has 1 atom stereocenters. The lowest BCUT2D eigenvalue weighted by Gasteiger charge is -2.14. The number of halogens is 2. The summed E-state index contributed by atoms with van der Waals surface area (Å²) >= 11 is 3.95. The van der Waals surface area contributed by atoms with Crippen LogP contribution in [0.3, 0.4) is 0 Å². The maximum atomic E-state index is 13.8. The van der Waals surface area contributed by atoms with E-state index in [0.29, 0.717) is 5.39 Å². The Balaban J connectivity index is 2.18. The molecule has 0 bridgehead atoms. The van der Waals surface area contributed by atoms with E-state index >= 15 is 0 Å². The molecule has 0 spiro atoms. The van der Waals surface area contributed by atoms with E-state index in [9.17, 15) is 4.39 Å². The summed E-state index contributed by atoms with van der Waals surface area (Å²) in [5.74, 6) is -0.202. The minimum Gasteiger partial charge on any atom is -0.320 e. The van der Waals surface area contributed by atoms with Crippen molar-refractivity contribution in [3.05, 3.63) is 67.7 Å². The number of thiophene rings is 1. The van der Waals surface area contributed by atoms with Crippen molar-refractivity contribution in [3.63, 3.8) is 0 Å². The first-order chi connectivity index (χ1) is 9.16. The molecule has 3 aromatic rings. The number of hydrogen-bond acceptors (Lipinski definition) is 2. The topological polar surface area (TPSA) is 26.0 Å². The van der Waals surface area contributed by atoms with Crippen LogP contribution in [-0.2, 0) is 0 Å². The molecule has 0 radical (unpaired) electrons. The Hall–Kier alpha value is -0.980. The van der Waals surface area contributed by atoms with Gasteiger partial charge < -0.3 is 5.73 Å². The maximum absolute atomic E-state index is 13.8. The van der Waals surface area contributed by atoms with Crippen molar-refractivity contribution in [1.82, 2.24) is 0 Å². The Morgan fingerprint density at radius 2 is 1.84 bits per heavy atom. The summed E-state index contributed by atoms with van der Waals surface area (Å²) in [7, 11) is 0. The number of benzene rings is 2. The van der Waals surface area contributed by atoms with E-state index in [-0.39, 0.29) is 11.9 Å². The highest BCUT2D eigenvalue weighted by Gasteiger charge is 2.15. The van der Waals surface area contributed by atoms with Gasteiger partial charge in [-0.05, 0) is 56.6 Å². The minimum atomic E-state index is -0.217. The number of hydrogen-bond donors (Lipinski definition) is 1. The molecule has 0 saturated heterocycles. The predicted molar refractivity (Wildman–Crippen MR) is 87.0 cm³/mol. The molecule has 0 aliphatic carbocycles. The molecule has 0 amide bonds. The van der Waals surface area contributed by atoms with E-state index < -0.39 is 0 Å². The lowest BCUT2D eigenvalue weighted by Crippen LogP contribution is -2.11. The summed E-state index contributed by atoms with van der Waals surface area (Å²) in [5, 5.41) is 3.57. The first-order valence-corrected chi connectivity index (χ1v) is 7.79. The summed E-state index contributed by atoms with van der Waals surface area (Å²) in [6, 6.07) is 12.6. The lowest BCUT2D eigenvalue weighted by molar-refractivity contribution is 0.639. The van der Waals surface area contributed by atoms with Gasteiger partial charge in [-0.25, -0.2) is 4.39 Å². The SMILES string of the molecule is NC(c1csc(I)c1)c1ccc(F)c2ccccc12. The largest absolute Gasteiger partial charge is 0.320 e. The number of nitrogens with two attached hydrogens (primary N) is 1. The van der Waals surface area contributed by atoms with Crippen molar-refractivity contribution < 1.29 is 4.39 Å². The standard InChI is InChI=1S/C15H11FINS/c16-13-6-5-12(10-3-1-2-4-11(10)13)15(18)9-7-14(17)19-8-9/h1-8,15H,18H2. The molecular weight excluding hydrogens is 372 g/mol. The summed E-state index contributed by atoms with van der Waals surface area (Å²) in [6.45, 7) is 0. The van der Waals surface area contributed by atoms with Crippen LogP contribution in [0, 0.1) is 8.70 Å². The quantitative estimate of drug-likeness (QED) is 0.639. The van der Waals surface area contributed by atoms with Crippen LogP contribution >= 0.6 is 33.9 Å². The van der Waals surface area contributed by atoms with Gasteiger partial charge in [0.1, 0.15) is 5.82 Å². The van der Waals surface area contributed by atoms with Gasteiger partial charge >= 0.3 is 0 Å². The lowest BCUT2D eigenvalue weighted by atomic mass is 9.96. The molecule has 0 saturated carbocycles. The fourth-order valence-corrected chi connectivity index (χ4v) is 3.63. The van der Waals surface area contributed by atoms with E-state index in [1.807, 2.05) is 18.2 Å². The predicted octanol–water partition coefficient (Wildman–Crippen LogP) is 4.69. The van der Waals surface area contributed by atoms with Crippen LogP contribution in [0.1, 0.15) is 17.2 Å². The summed E-state index contributed by atoms with van der Waals surface area (Å²) in [4.78, 5) is 0. The van der Waals surface area contributed by atoms with Gasteiger partial charge in [0.15, 0.2) is 0 Å². The molecule has 1 aromatic heterocycles. The summed E-state index contributed by atoms with van der Waals surface area (Å²) in [6.07, 6.45) is 0. The van der Waals surface area contributed by atoms with E-state index in [2.05, 4.69) is 34.0 Å². The summed E-state index contributed by atoms with van der Waals surface area (Å²) in [5.41, 5.74) is 8.37. The Morgan fingerprint density at radius 3 is 2.53 bits per heavy atom. The van der Waals surface area contributed by atoms with Gasteiger partial charge in [-0.1, -0.05) is 30.3 Å². The molecule has 96 valence electrons. The zero-order valence-corrected chi connectivity index (χ0v) is 12.9. The van der Waals surface area contributed by atoms with Crippen molar-refractivity contribution in [1.29, 1.82) is 0 Å². The Kier molecular flexibility index (Phi) is 3.56. The van der Waals surface area contributed by atoms with Gasteiger partial charge in [-0.15, -0.1) is 11.3 Å². The molecule has 1 unspecified atom stereocenters. The average molecular weight is 383 g/mol. The van der Waals surface area contributed by atoms with E-state index in [4.69, 9.17) is 5.73 Å². The Morgan fingerprint density at radius 1 is 1.11 bits per heavy atom. The third-order valence-corrected chi connectivity index (χ3v) is 4.99.